The predicted molar refractivity (Wildman–Crippen MR) is 69.1 cm³/mol. The predicted octanol–water partition coefficient (Wildman–Crippen LogP) is 2.80. The van der Waals surface area contributed by atoms with Crippen molar-refractivity contribution >= 4 is 22.7 Å². The second kappa shape index (κ2) is 5.52. The molecule has 2 aromatic rings. The van der Waals surface area contributed by atoms with E-state index in [9.17, 15) is 0 Å². The van der Waals surface area contributed by atoms with E-state index in [0.717, 1.165) is 18.0 Å². The van der Waals surface area contributed by atoms with Gasteiger partial charge >= 0.3 is 0 Å². The van der Waals surface area contributed by atoms with Crippen LogP contribution in [0.2, 0.25) is 0 Å². The van der Waals surface area contributed by atoms with Gasteiger partial charge in [-0.1, -0.05) is 6.92 Å². The summed E-state index contributed by atoms with van der Waals surface area (Å²) in [5, 5.41) is 6.75. The number of hydrogen-bond donors (Lipinski definition) is 1. The molecule has 3 nitrogen and oxygen atoms in total. The first-order valence-electron chi connectivity index (χ1n) is 5.32. The topological polar surface area (TPSA) is 37.8 Å². The highest BCUT2D eigenvalue weighted by Gasteiger charge is 2.14. The normalized spacial score (nSPS) is 12.9. The van der Waals surface area contributed by atoms with Crippen LogP contribution in [0.25, 0.3) is 0 Å². The maximum absolute atomic E-state index is 4.51. The zero-order valence-electron chi connectivity index (χ0n) is 9.43. The first-order chi connectivity index (χ1) is 7.79. The van der Waals surface area contributed by atoms with Crippen molar-refractivity contribution in [2.45, 2.75) is 26.3 Å². The van der Waals surface area contributed by atoms with E-state index >= 15 is 0 Å². The molecule has 0 radical (unpaired) electrons. The van der Waals surface area contributed by atoms with Gasteiger partial charge in [-0.2, -0.15) is 0 Å². The minimum absolute atomic E-state index is 0.346. The molecule has 0 spiro atoms. The smallest absolute Gasteiger partial charge is 0.0897 e. The van der Waals surface area contributed by atoms with Gasteiger partial charge in [0.05, 0.1) is 16.2 Å². The lowest BCUT2D eigenvalue weighted by molar-refractivity contribution is 0.552. The molecule has 2 rings (SSSR count). The van der Waals surface area contributed by atoms with Crippen molar-refractivity contribution in [3.63, 3.8) is 0 Å². The van der Waals surface area contributed by atoms with Crippen molar-refractivity contribution in [3.8, 4) is 0 Å². The van der Waals surface area contributed by atoms with E-state index in [2.05, 4.69) is 27.6 Å². The highest BCUT2D eigenvalue weighted by molar-refractivity contribution is 7.10. The van der Waals surface area contributed by atoms with Crippen LogP contribution >= 0.6 is 22.7 Å². The largest absolute Gasteiger partial charge is 0.309 e. The Labute approximate surface area is 104 Å². The van der Waals surface area contributed by atoms with Crippen LogP contribution in [-0.2, 0) is 6.42 Å². The Hall–Kier alpha value is -0.780. The third kappa shape index (κ3) is 2.87. The van der Waals surface area contributed by atoms with E-state index in [1.54, 1.807) is 22.7 Å². The van der Waals surface area contributed by atoms with E-state index < -0.39 is 0 Å². The minimum atomic E-state index is 0.346. The summed E-state index contributed by atoms with van der Waals surface area (Å²) in [6.45, 7) is 5.13. The van der Waals surface area contributed by atoms with Gasteiger partial charge in [-0.05, 0) is 13.5 Å². The number of rotatable bonds is 5. The van der Waals surface area contributed by atoms with E-state index in [0.29, 0.717) is 6.04 Å². The number of aryl methyl sites for hydroxylation is 1. The van der Waals surface area contributed by atoms with Crippen molar-refractivity contribution < 1.29 is 0 Å². The lowest BCUT2D eigenvalue weighted by Gasteiger charge is -2.14. The van der Waals surface area contributed by atoms with Gasteiger partial charge in [-0.15, -0.1) is 22.7 Å². The van der Waals surface area contributed by atoms with Crippen LogP contribution in [0.15, 0.2) is 17.1 Å². The van der Waals surface area contributed by atoms with Gasteiger partial charge in [0.2, 0.25) is 0 Å². The summed E-state index contributed by atoms with van der Waals surface area (Å²) < 4.78 is 0. The first-order valence-corrected chi connectivity index (χ1v) is 7.08. The molecule has 1 N–H and O–H groups in total. The number of hydrogen-bond acceptors (Lipinski definition) is 5. The highest BCUT2D eigenvalue weighted by atomic mass is 32.1. The molecule has 86 valence electrons. The molecule has 2 aromatic heterocycles. The Balaban J connectivity index is 2.09. The average Bonchev–Trinajstić information content (AvgIpc) is 2.88. The van der Waals surface area contributed by atoms with Gasteiger partial charge in [0, 0.05) is 28.9 Å². The van der Waals surface area contributed by atoms with E-state index in [1.807, 2.05) is 18.6 Å². The van der Waals surface area contributed by atoms with Crippen molar-refractivity contribution in [2.24, 2.45) is 0 Å². The van der Waals surface area contributed by atoms with Crippen LogP contribution < -0.4 is 5.32 Å². The fourth-order valence-corrected chi connectivity index (χ4v) is 2.95. The molecule has 1 unspecified atom stereocenters. The van der Waals surface area contributed by atoms with Gasteiger partial charge in [0.1, 0.15) is 0 Å². The summed E-state index contributed by atoms with van der Waals surface area (Å²) in [4.78, 5) is 9.92. The van der Waals surface area contributed by atoms with Gasteiger partial charge in [-0.25, -0.2) is 4.98 Å². The Kier molecular flexibility index (Phi) is 4.04. The number of likely N-dealkylation sites (N-methyl/N-ethyl adjacent to an activating group) is 1. The number of thiazole rings is 2. The summed E-state index contributed by atoms with van der Waals surface area (Å²) in [5.41, 5.74) is 3.05. The molecule has 0 aliphatic heterocycles. The van der Waals surface area contributed by atoms with Crippen LogP contribution in [0, 0.1) is 6.92 Å². The molecule has 16 heavy (non-hydrogen) atoms. The third-order valence-corrected chi connectivity index (χ3v) is 4.04. The van der Waals surface area contributed by atoms with Crippen LogP contribution in [0.1, 0.15) is 28.5 Å². The van der Waals surface area contributed by atoms with Crippen molar-refractivity contribution in [3.05, 3.63) is 32.7 Å². The third-order valence-electron chi connectivity index (χ3n) is 2.33. The van der Waals surface area contributed by atoms with Gasteiger partial charge < -0.3 is 5.32 Å². The van der Waals surface area contributed by atoms with E-state index in [4.69, 9.17) is 0 Å². The average molecular weight is 253 g/mol. The Morgan fingerprint density at radius 2 is 2.31 bits per heavy atom. The standard InChI is InChI=1S/C11H15N3S2/c1-3-13-10(11-5-12-7-16-11)4-9-6-15-8(2)14-9/h5-7,10,13H,3-4H2,1-2H3. The molecular formula is C11H15N3S2. The summed E-state index contributed by atoms with van der Waals surface area (Å²) in [7, 11) is 0. The number of nitrogens with one attached hydrogen (secondary N) is 1. The number of aromatic nitrogens is 2. The molecule has 0 aromatic carbocycles. The second-order valence-corrected chi connectivity index (χ2v) is 5.56. The molecule has 0 fully saturated rings. The molecule has 0 saturated heterocycles. The molecule has 1 atom stereocenters. The lowest BCUT2D eigenvalue weighted by atomic mass is 10.1. The fraction of sp³-hybridized carbons (Fsp3) is 0.455. The zero-order chi connectivity index (χ0) is 11.4. The van der Waals surface area contributed by atoms with Crippen LogP contribution in [0.4, 0.5) is 0 Å². The molecule has 0 saturated carbocycles. The molecule has 0 bridgehead atoms. The highest BCUT2D eigenvalue weighted by Crippen LogP contribution is 2.22. The lowest BCUT2D eigenvalue weighted by Crippen LogP contribution is -2.22. The quantitative estimate of drug-likeness (QED) is 0.890. The summed E-state index contributed by atoms with van der Waals surface area (Å²) >= 11 is 3.41. The zero-order valence-corrected chi connectivity index (χ0v) is 11.1. The van der Waals surface area contributed by atoms with Crippen molar-refractivity contribution in [1.29, 1.82) is 0 Å². The Bertz CT molecular complexity index is 422. The number of nitrogens with zero attached hydrogens (tertiary/aromatic N) is 2. The summed E-state index contributed by atoms with van der Waals surface area (Å²) in [5.74, 6) is 0. The summed E-state index contributed by atoms with van der Waals surface area (Å²) in [6, 6.07) is 0.346. The maximum atomic E-state index is 4.51. The Morgan fingerprint density at radius 3 is 2.88 bits per heavy atom. The molecule has 0 amide bonds. The van der Waals surface area contributed by atoms with Gasteiger partial charge in [0.15, 0.2) is 0 Å². The molecule has 2 heterocycles. The van der Waals surface area contributed by atoms with Crippen molar-refractivity contribution in [1.82, 2.24) is 15.3 Å². The summed E-state index contributed by atoms with van der Waals surface area (Å²) in [6.07, 6.45) is 2.89. The van der Waals surface area contributed by atoms with Gasteiger partial charge in [-0.3, -0.25) is 4.98 Å². The maximum Gasteiger partial charge on any atom is 0.0897 e. The minimum Gasteiger partial charge on any atom is -0.309 e. The van der Waals surface area contributed by atoms with E-state index in [-0.39, 0.29) is 0 Å². The Morgan fingerprint density at radius 1 is 1.44 bits per heavy atom. The van der Waals surface area contributed by atoms with Gasteiger partial charge in [0.25, 0.3) is 0 Å². The molecular weight excluding hydrogens is 238 g/mol. The van der Waals surface area contributed by atoms with E-state index in [1.165, 1.54) is 10.6 Å². The van der Waals surface area contributed by atoms with Crippen LogP contribution in [-0.4, -0.2) is 16.5 Å². The second-order valence-electron chi connectivity index (χ2n) is 3.58. The van der Waals surface area contributed by atoms with Crippen LogP contribution in [0.5, 0.6) is 0 Å². The molecule has 0 aliphatic carbocycles. The van der Waals surface area contributed by atoms with Crippen molar-refractivity contribution in [2.75, 3.05) is 6.54 Å². The first kappa shape index (κ1) is 11.7. The molecule has 0 aliphatic rings. The van der Waals surface area contributed by atoms with Crippen LogP contribution in [0.3, 0.4) is 0 Å². The molecule has 5 heteroatoms. The SMILES string of the molecule is CCNC(Cc1csc(C)n1)c1cncs1. The monoisotopic (exact) mass is 253 g/mol. The fourth-order valence-electron chi connectivity index (χ4n) is 1.63.